The third kappa shape index (κ3) is 3.43. The Morgan fingerprint density at radius 3 is 2.82 bits per heavy atom. The molecule has 3 heteroatoms. The second-order valence-electron chi connectivity index (χ2n) is 5.71. The monoisotopic (exact) mass is 240 g/mol. The summed E-state index contributed by atoms with van der Waals surface area (Å²) in [5.41, 5.74) is 0.379. The molecule has 0 amide bonds. The SMILES string of the molecule is CCC1(CC)CN(CCC2CCOC2)CCN1. The standard InChI is InChI=1S/C14H28N2O/c1-3-14(4-2)12-16(9-7-15-14)8-5-13-6-10-17-11-13/h13,15H,3-12H2,1-2H3. The Balaban J connectivity index is 1.76. The lowest BCUT2D eigenvalue weighted by Crippen LogP contribution is -2.59. The van der Waals surface area contributed by atoms with Gasteiger partial charge in [-0.15, -0.1) is 0 Å². The topological polar surface area (TPSA) is 24.5 Å². The summed E-state index contributed by atoms with van der Waals surface area (Å²) < 4.78 is 5.45. The molecule has 1 atom stereocenters. The van der Waals surface area contributed by atoms with Crippen molar-refractivity contribution in [2.24, 2.45) is 5.92 Å². The summed E-state index contributed by atoms with van der Waals surface area (Å²) in [7, 11) is 0. The average Bonchev–Trinajstić information content (AvgIpc) is 2.90. The minimum atomic E-state index is 0.379. The van der Waals surface area contributed by atoms with Gasteiger partial charge < -0.3 is 15.0 Å². The first-order valence-corrected chi connectivity index (χ1v) is 7.33. The van der Waals surface area contributed by atoms with Crippen molar-refractivity contribution in [1.82, 2.24) is 10.2 Å². The van der Waals surface area contributed by atoms with Crippen LogP contribution < -0.4 is 5.32 Å². The van der Waals surface area contributed by atoms with Gasteiger partial charge in [-0.25, -0.2) is 0 Å². The van der Waals surface area contributed by atoms with E-state index in [1.807, 2.05) is 0 Å². The highest BCUT2D eigenvalue weighted by Gasteiger charge is 2.31. The van der Waals surface area contributed by atoms with Gasteiger partial charge >= 0.3 is 0 Å². The summed E-state index contributed by atoms with van der Waals surface area (Å²) in [6, 6.07) is 0. The summed E-state index contributed by atoms with van der Waals surface area (Å²) >= 11 is 0. The minimum absolute atomic E-state index is 0.379. The summed E-state index contributed by atoms with van der Waals surface area (Å²) in [5, 5.41) is 3.72. The van der Waals surface area contributed by atoms with Gasteiger partial charge in [0.25, 0.3) is 0 Å². The van der Waals surface area contributed by atoms with Crippen LogP contribution in [0, 0.1) is 5.92 Å². The smallest absolute Gasteiger partial charge is 0.0495 e. The van der Waals surface area contributed by atoms with E-state index in [1.165, 1.54) is 45.3 Å². The molecular formula is C14H28N2O. The normalized spacial score (nSPS) is 29.6. The number of nitrogens with zero attached hydrogens (tertiary/aromatic N) is 1. The molecule has 2 rings (SSSR count). The molecule has 1 unspecified atom stereocenters. The maximum atomic E-state index is 5.45. The molecule has 0 radical (unpaired) electrons. The Bertz CT molecular complexity index is 222. The minimum Gasteiger partial charge on any atom is -0.381 e. The Hall–Kier alpha value is -0.120. The van der Waals surface area contributed by atoms with Crippen molar-refractivity contribution in [2.75, 3.05) is 39.4 Å². The van der Waals surface area contributed by atoms with Gasteiger partial charge in [0, 0.05) is 38.4 Å². The van der Waals surface area contributed by atoms with Crippen LogP contribution in [0.3, 0.4) is 0 Å². The van der Waals surface area contributed by atoms with Crippen LogP contribution in [-0.2, 0) is 4.74 Å². The van der Waals surface area contributed by atoms with Crippen LogP contribution in [0.5, 0.6) is 0 Å². The molecule has 1 N–H and O–H groups in total. The van der Waals surface area contributed by atoms with Gasteiger partial charge in [-0.1, -0.05) is 13.8 Å². The molecule has 100 valence electrons. The molecule has 2 aliphatic heterocycles. The van der Waals surface area contributed by atoms with Gasteiger partial charge in [0.05, 0.1) is 0 Å². The Labute approximate surface area is 106 Å². The Morgan fingerprint density at radius 1 is 1.35 bits per heavy atom. The maximum Gasteiger partial charge on any atom is 0.0495 e. The van der Waals surface area contributed by atoms with Crippen molar-refractivity contribution in [3.63, 3.8) is 0 Å². The zero-order valence-electron chi connectivity index (χ0n) is 11.5. The molecule has 0 spiro atoms. The van der Waals surface area contributed by atoms with Crippen molar-refractivity contribution in [3.8, 4) is 0 Å². The Morgan fingerprint density at radius 2 is 2.18 bits per heavy atom. The van der Waals surface area contributed by atoms with E-state index in [-0.39, 0.29) is 0 Å². The van der Waals surface area contributed by atoms with E-state index in [2.05, 4.69) is 24.1 Å². The van der Waals surface area contributed by atoms with Gasteiger partial charge in [0.2, 0.25) is 0 Å². The van der Waals surface area contributed by atoms with Crippen LogP contribution in [0.25, 0.3) is 0 Å². The van der Waals surface area contributed by atoms with Gasteiger partial charge in [-0.2, -0.15) is 0 Å². The quantitative estimate of drug-likeness (QED) is 0.794. The van der Waals surface area contributed by atoms with Gasteiger partial charge in [0.1, 0.15) is 0 Å². The average molecular weight is 240 g/mol. The number of hydrogen-bond donors (Lipinski definition) is 1. The summed E-state index contributed by atoms with van der Waals surface area (Å²) in [4.78, 5) is 2.65. The molecule has 17 heavy (non-hydrogen) atoms. The van der Waals surface area contributed by atoms with E-state index in [9.17, 15) is 0 Å². The predicted molar refractivity (Wildman–Crippen MR) is 71.3 cm³/mol. The van der Waals surface area contributed by atoms with E-state index >= 15 is 0 Å². The molecule has 0 aromatic carbocycles. The van der Waals surface area contributed by atoms with E-state index in [1.54, 1.807) is 0 Å². The van der Waals surface area contributed by atoms with Crippen molar-refractivity contribution >= 4 is 0 Å². The largest absolute Gasteiger partial charge is 0.381 e. The number of hydrogen-bond acceptors (Lipinski definition) is 3. The van der Waals surface area contributed by atoms with Crippen molar-refractivity contribution < 1.29 is 4.74 Å². The maximum absolute atomic E-state index is 5.45. The predicted octanol–water partition coefficient (Wildman–Crippen LogP) is 1.88. The molecule has 2 saturated heterocycles. The highest BCUT2D eigenvalue weighted by atomic mass is 16.5. The van der Waals surface area contributed by atoms with E-state index < -0.39 is 0 Å². The third-order valence-corrected chi connectivity index (χ3v) is 4.69. The number of rotatable bonds is 5. The van der Waals surface area contributed by atoms with E-state index in [0.29, 0.717) is 5.54 Å². The lowest BCUT2D eigenvalue weighted by Gasteiger charge is -2.43. The molecule has 3 nitrogen and oxygen atoms in total. The van der Waals surface area contributed by atoms with Crippen LogP contribution in [0.1, 0.15) is 39.5 Å². The highest BCUT2D eigenvalue weighted by Crippen LogP contribution is 2.22. The number of nitrogens with one attached hydrogen (secondary N) is 1. The van der Waals surface area contributed by atoms with Crippen LogP contribution >= 0.6 is 0 Å². The summed E-state index contributed by atoms with van der Waals surface area (Å²) in [6.45, 7) is 11.5. The van der Waals surface area contributed by atoms with Gasteiger partial charge in [-0.05, 0) is 38.1 Å². The fourth-order valence-corrected chi connectivity index (χ4v) is 3.13. The van der Waals surface area contributed by atoms with Gasteiger partial charge in [-0.3, -0.25) is 0 Å². The first-order chi connectivity index (χ1) is 8.28. The number of piperazine rings is 1. The van der Waals surface area contributed by atoms with Crippen LogP contribution in [0.4, 0.5) is 0 Å². The van der Waals surface area contributed by atoms with Crippen LogP contribution in [0.2, 0.25) is 0 Å². The summed E-state index contributed by atoms with van der Waals surface area (Å²) in [6.07, 6.45) is 5.08. The Kier molecular flexibility index (Phi) is 4.83. The molecule has 0 saturated carbocycles. The van der Waals surface area contributed by atoms with E-state index in [0.717, 1.165) is 25.7 Å². The molecule has 2 aliphatic rings. The van der Waals surface area contributed by atoms with Crippen LogP contribution in [-0.4, -0.2) is 49.8 Å². The lowest BCUT2D eigenvalue weighted by molar-refractivity contribution is 0.115. The van der Waals surface area contributed by atoms with E-state index in [4.69, 9.17) is 4.74 Å². The van der Waals surface area contributed by atoms with Crippen LogP contribution in [0.15, 0.2) is 0 Å². The van der Waals surface area contributed by atoms with Crippen molar-refractivity contribution in [3.05, 3.63) is 0 Å². The molecule has 2 heterocycles. The molecular weight excluding hydrogens is 212 g/mol. The fraction of sp³-hybridized carbons (Fsp3) is 1.00. The van der Waals surface area contributed by atoms with Crippen molar-refractivity contribution in [2.45, 2.75) is 45.1 Å². The lowest BCUT2D eigenvalue weighted by atomic mass is 9.90. The highest BCUT2D eigenvalue weighted by molar-refractivity contribution is 4.92. The van der Waals surface area contributed by atoms with Crippen molar-refractivity contribution in [1.29, 1.82) is 0 Å². The second-order valence-corrected chi connectivity index (χ2v) is 5.71. The second kappa shape index (κ2) is 6.17. The molecule has 2 fully saturated rings. The molecule has 0 aromatic rings. The summed E-state index contributed by atoms with van der Waals surface area (Å²) in [5.74, 6) is 0.822. The first-order valence-electron chi connectivity index (χ1n) is 7.33. The van der Waals surface area contributed by atoms with Gasteiger partial charge in [0.15, 0.2) is 0 Å². The molecule has 0 aromatic heterocycles. The zero-order valence-corrected chi connectivity index (χ0v) is 11.5. The first kappa shape index (κ1) is 13.3. The molecule has 0 bridgehead atoms. The fourth-order valence-electron chi connectivity index (χ4n) is 3.13. The zero-order chi connectivity index (χ0) is 12.1. The number of ether oxygens (including phenoxy) is 1. The molecule has 0 aliphatic carbocycles. The third-order valence-electron chi connectivity index (χ3n) is 4.69.